The molecule has 1 aliphatic carbocycles. The lowest BCUT2D eigenvalue weighted by molar-refractivity contribution is 0.424. The Morgan fingerprint density at radius 3 is 2.67 bits per heavy atom. The van der Waals surface area contributed by atoms with Gasteiger partial charge in [0.05, 0.1) is 6.54 Å². The molecule has 1 fully saturated rings. The summed E-state index contributed by atoms with van der Waals surface area (Å²) >= 11 is 0. The number of nitrogens with zero attached hydrogens (tertiary/aromatic N) is 2. The largest absolute Gasteiger partial charge is 0.345 e. The van der Waals surface area contributed by atoms with Crippen LogP contribution in [0.25, 0.3) is 0 Å². The van der Waals surface area contributed by atoms with Crippen LogP contribution >= 0.6 is 0 Å². The van der Waals surface area contributed by atoms with Gasteiger partial charge in [0.1, 0.15) is 5.82 Å². The minimum Gasteiger partial charge on any atom is -0.345 e. The van der Waals surface area contributed by atoms with Crippen LogP contribution in [0.4, 0.5) is 5.82 Å². The minimum absolute atomic E-state index is 0.115. The molecule has 21 heavy (non-hydrogen) atoms. The lowest BCUT2D eigenvalue weighted by Gasteiger charge is -2.24. The summed E-state index contributed by atoms with van der Waals surface area (Å²) in [5, 5.41) is 3.53. The summed E-state index contributed by atoms with van der Waals surface area (Å²) in [5.41, 5.74) is 2.44. The number of terminal acetylenes is 1. The van der Waals surface area contributed by atoms with Gasteiger partial charge in [0.15, 0.2) is 0 Å². The zero-order chi connectivity index (χ0) is 15.5. The third-order valence-corrected chi connectivity index (χ3v) is 3.60. The van der Waals surface area contributed by atoms with Gasteiger partial charge in [-0.25, -0.2) is 4.98 Å². The van der Waals surface area contributed by atoms with E-state index in [1.165, 1.54) is 18.4 Å². The van der Waals surface area contributed by atoms with Crippen LogP contribution in [-0.2, 0) is 6.54 Å². The van der Waals surface area contributed by atoms with Crippen molar-refractivity contribution in [1.82, 2.24) is 10.3 Å². The molecule has 114 valence electrons. The highest BCUT2D eigenvalue weighted by Crippen LogP contribution is 2.31. The summed E-state index contributed by atoms with van der Waals surface area (Å²) in [7, 11) is 0. The fourth-order valence-electron chi connectivity index (χ4n) is 2.31. The van der Waals surface area contributed by atoms with Crippen molar-refractivity contribution >= 4 is 5.82 Å². The Balaban J connectivity index is 2.13. The molecule has 1 saturated carbocycles. The maximum Gasteiger partial charge on any atom is 0.129 e. The molecule has 0 saturated heterocycles. The highest BCUT2D eigenvalue weighted by Gasteiger charge is 2.25. The molecule has 3 nitrogen and oxygen atoms in total. The topological polar surface area (TPSA) is 28.2 Å². The van der Waals surface area contributed by atoms with E-state index in [1.807, 2.05) is 0 Å². The lowest BCUT2D eigenvalue weighted by Crippen LogP contribution is -2.35. The molecule has 0 unspecified atom stereocenters. The zero-order valence-corrected chi connectivity index (χ0v) is 13.7. The van der Waals surface area contributed by atoms with Crippen LogP contribution in [0.5, 0.6) is 0 Å². The third-order valence-electron chi connectivity index (χ3n) is 3.60. The van der Waals surface area contributed by atoms with Crippen molar-refractivity contribution in [3.05, 3.63) is 23.4 Å². The summed E-state index contributed by atoms with van der Waals surface area (Å²) in [6.07, 6.45) is 8.17. The first kappa shape index (κ1) is 15.9. The van der Waals surface area contributed by atoms with E-state index >= 15 is 0 Å². The molecule has 1 aromatic rings. The maximum atomic E-state index is 5.52. The van der Waals surface area contributed by atoms with Crippen molar-refractivity contribution in [2.75, 3.05) is 18.0 Å². The van der Waals surface area contributed by atoms with Crippen molar-refractivity contribution < 1.29 is 0 Å². The van der Waals surface area contributed by atoms with E-state index in [4.69, 9.17) is 6.42 Å². The summed E-state index contributed by atoms with van der Waals surface area (Å²) in [5.74, 6) is 4.59. The van der Waals surface area contributed by atoms with Gasteiger partial charge in [-0.05, 0) is 64.2 Å². The predicted molar refractivity (Wildman–Crippen MR) is 89.3 cm³/mol. The lowest BCUT2D eigenvalue weighted by atomic mass is 10.1. The minimum atomic E-state index is 0.115. The van der Waals surface area contributed by atoms with Crippen LogP contribution < -0.4 is 10.2 Å². The van der Waals surface area contributed by atoms with Crippen LogP contribution in [0.2, 0.25) is 0 Å². The molecule has 3 heteroatoms. The van der Waals surface area contributed by atoms with Gasteiger partial charge in [-0.15, -0.1) is 6.42 Å². The predicted octanol–water partition coefficient (Wildman–Crippen LogP) is 3.13. The molecule has 1 N–H and O–H groups in total. The number of aryl methyl sites for hydroxylation is 1. The molecular weight excluding hydrogens is 258 g/mol. The summed E-state index contributed by atoms with van der Waals surface area (Å²) in [6.45, 7) is 11.1. The maximum absolute atomic E-state index is 5.52. The van der Waals surface area contributed by atoms with Gasteiger partial charge in [-0.3, -0.25) is 0 Å². The van der Waals surface area contributed by atoms with Crippen molar-refractivity contribution in [3.8, 4) is 12.3 Å². The van der Waals surface area contributed by atoms with Gasteiger partial charge < -0.3 is 10.2 Å². The third kappa shape index (κ3) is 5.40. The van der Waals surface area contributed by atoms with Crippen molar-refractivity contribution in [2.24, 2.45) is 5.92 Å². The number of hydrogen-bond donors (Lipinski definition) is 1. The molecule has 0 aliphatic heterocycles. The first-order valence-electron chi connectivity index (χ1n) is 7.78. The Labute approximate surface area is 129 Å². The number of anilines is 1. The molecule has 0 amide bonds. The SMILES string of the molecule is C#CCN(CC1CC1)c1cc(CNC(C)(C)C)cc(C)n1. The first-order valence-corrected chi connectivity index (χ1v) is 7.78. The van der Waals surface area contributed by atoms with Crippen LogP contribution in [-0.4, -0.2) is 23.6 Å². The van der Waals surface area contributed by atoms with E-state index in [9.17, 15) is 0 Å². The fraction of sp³-hybridized carbons (Fsp3) is 0.611. The molecule has 1 aliphatic rings. The first-order chi connectivity index (χ1) is 9.87. The second-order valence-electron chi connectivity index (χ2n) is 7.11. The normalized spacial score (nSPS) is 14.8. The number of hydrogen-bond acceptors (Lipinski definition) is 3. The van der Waals surface area contributed by atoms with E-state index < -0.39 is 0 Å². The second kappa shape index (κ2) is 6.49. The molecule has 1 aromatic heterocycles. The van der Waals surface area contributed by atoms with Crippen LogP contribution in [0.3, 0.4) is 0 Å². The number of pyridine rings is 1. The smallest absolute Gasteiger partial charge is 0.129 e. The Morgan fingerprint density at radius 2 is 2.10 bits per heavy atom. The van der Waals surface area contributed by atoms with E-state index in [0.29, 0.717) is 6.54 Å². The van der Waals surface area contributed by atoms with E-state index in [2.05, 4.69) is 60.9 Å². The van der Waals surface area contributed by atoms with Crippen molar-refractivity contribution in [1.29, 1.82) is 0 Å². The Hall–Kier alpha value is -1.53. The Kier molecular flexibility index (Phi) is 4.90. The van der Waals surface area contributed by atoms with Gasteiger partial charge in [0.2, 0.25) is 0 Å². The van der Waals surface area contributed by atoms with Gasteiger partial charge in [0, 0.05) is 24.3 Å². The number of rotatable bonds is 6. The van der Waals surface area contributed by atoms with E-state index in [0.717, 1.165) is 30.5 Å². The van der Waals surface area contributed by atoms with Gasteiger partial charge in [-0.1, -0.05) is 5.92 Å². The number of aromatic nitrogens is 1. The van der Waals surface area contributed by atoms with E-state index in [-0.39, 0.29) is 5.54 Å². The molecule has 1 heterocycles. The van der Waals surface area contributed by atoms with Gasteiger partial charge in [0.25, 0.3) is 0 Å². The highest BCUT2D eigenvalue weighted by atomic mass is 15.2. The summed E-state index contributed by atoms with van der Waals surface area (Å²) in [4.78, 5) is 6.92. The molecule has 0 radical (unpaired) electrons. The second-order valence-corrected chi connectivity index (χ2v) is 7.11. The van der Waals surface area contributed by atoms with E-state index in [1.54, 1.807) is 0 Å². The Morgan fingerprint density at radius 1 is 1.38 bits per heavy atom. The molecular formula is C18H27N3. The highest BCUT2D eigenvalue weighted by molar-refractivity contribution is 5.44. The van der Waals surface area contributed by atoms with Gasteiger partial charge in [-0.2, -0.15) is 0 Å². The average molecular weight is 285 g/mol. The molecule has 2 rings (SSSR count). The fourth-order valence-corrected chi connectivity index (χ4v) is 2.31. The number of nitrogens with one attached hydrogen (secondary N) is 1. The monoisotopic (exact) mass is 285 g/mol. The Bertz CT molecular complexity index is 518. The van der Waals surface area contributed by atoms with Crippen molar-refractivity contribution in [2.45, 2.75) is 52.6 Å². The van der Waals surface area contributed by atoms with Crippen LogP contribution in [0, 0.1) is 25.2 Å². The zero-order valence-electron chi connectivity index (χ0n) is 13.7. The molecule has 0 bridgehead atoms. The van der Waals surface area contributed by atoms with Crippen LogP contribution in [0.1, 0.15) is 44.9 Å². The quantitative estimate of drug-likeness (QED) is 0.814. The molecule has 0 spiro atoms. The van der Waals surface area contributed by atoms with Crippen molar-refractivity contribution in [3.63, 3.8) is 0 Å². The summed E-state index contributed by atoms with van der Waals surface area (Å²) < 4.78 is 0. The molecule has 0 atom stereocenters. The average Bonchev–Trinajstić information content (AvgIpc) is 3.18. The summed E-state index contributed by atoms with van der Waals surface area (Å²) in [6, 6.07) is 4.32. The van der Waals surface area contributed by atoms with Crippen LogP contribution in [0.15, 0.2) is 12.1 Å². The standard InChI is InChI=1S/C18H27N3/c1-6-9-21(13-15-7-8-15)17-11-16(10-14(2)20-17)12-19-18(3,4)5/h1,10-11,15,19H,7-9,12-13H2,2-5H3. The van der Waals surface area contributed by atoms with Gasteiger partial charge >= 0.3 is 0 Å². The molecule has 0 aromatic carbocycles.